The van der Waals surface area contributed by atoms with Crippen molar-refractivity contribution in [2.45, 2.75) is 18.1 Å². The number of thioether (sulfide) groups is 1. The maximum absolute atomic E-state index is 13.2. The minimum absolute atomic E-state index is 0.216. The number of pyridine rings is 1. The maximum atomic E-state index is 13.2. The van der Waals surface area contributed by atoms with Gasteiger partial charge in [0, 0.05) is 11.8 Å². The highest BCUT2D eigenvalue weighted by Crippen LogP contribution is 2.34. The molecule has 2 rings (SSSR count). The Morgan fingerprint density at radius 3 is 2.65 bits per heavy atom. The molecule has 0 fully saturated rings. The molecular formula is C16H11F4N3O2S. The first-order valence-electron chi connectivity index (χ1n) is 7.05. The third-order valence-corrected chi connectivity index (χ3v) is 4.25. The minimum Gasteiger partial charge on any atom is -0.325 e. The van der Waals surface area contributed by atoms with Crippen molar-refractivity contribution in [3.8, 4) is 6.07 Å². The van der Waals surface area contributed by atoms with Gasteiger partial charge in [0.25, 0.3) is 0 Å². The molecular weight excluding hydrogens is 374 g/mol. The maximum Gasteiger partial charge on any atom is 0.417 e. The Labute approximate surface area is 149 Å². The molecule has 26 heavy (non-hydrogen) atoms. The number of aromatic amines is 1. The van der Waals surface area contributed by atoms with Crippen LogP contribution < -0.4 is 10.9 Å². The summed E-state index contributed by atoms with van der Waals surface area (Å²) in [6.45, 7) is 1.64. The van der Waals surface area contributed by atoms with Gasteiger partial charge in [0.2, 0.25) is 11.5 Å². The lowest BCUT2D eigenvalue weighted by molar-refractivity contribution is -0.138. The van der Waals surface area contributed by atoms with Crippen molar-refractivity contribution in [3.63, 3.8) is 0 Å². The Balaban J connectivity index is 2.20. The van der Waals surface area contributed by atoms with Crippen LogP contribution >= 0.6 is 11.8 Å². The zero-order chi connectivity index (χ0) is 19.5. The number of benzene rings is 1. The van der Waals surface area contributed by atoms with Gasteiger partial charge in [0.1, 0.15) is 11.9 Å². The average Bonchev–Trinajstić information content (AvgIpc) is 2.55. The molecule has 0 spiro atoms. The van der Waals surface area contributed by atoms with Crippen LogP contribution in [0.3, 0.4) is 0 Å². The predicted molar refractivity (Wildman–Crippen MR) is 87.3 cm³/mol. The molecule has 0 aliphatic heterocycles. The second kappa shape index (κ2) is 7.61. The number of carbonyl (C=O) groups is 1. The highest BCUT2D eigenvalue weighted by atomic mass is 32.2. The molecule has 0 saturated carbocycles. The van der Waals surface area contributed by atoms with Gasteiger partial charge in [-0.2, -0.15) is 18.4 Å². The number of aryl methyl sites for hydroxylation is 1. The van der Waals surface area contributed by atoms with Crippen molar-refractivity contribution in [3.05, 3.63) is 57.1 Å². The molecule has 1 amide bonds. The molecule has 2 aromatic rings. The Morgan fingerprint density at radius 1 is 1.35 bits per heavy atom. The van der Waals surface area contributed by atoms with Gasteiger partial charge in [-0.15, -0.1) is 0 Å². The number of aromatic nitrogens is 1. The van der Waals surface area contributed by atoms with Crippen LogP contribution in [-0.4, -0.2) is 16.6 Å². The van der Waals surface area contributed by atoms with Crippen molar-refractivity contribution >= 4 is 23.4 Å². The minimum atomic E-state index is -4.88. The van der Waals surface area contributed by atoms with Crippen LogP contribution in [0.2, 0.25) is 0 Å². The Morgan fingerprint density at radius 2 is 2.04 bits per heavy atom. The van der Waals surface area contributed by atoms with E-state index in [9.17, 15) is 27.2 Å². The van der Waals surface area contributed by atoms with Gasteiger partial charge >= 0.3 is 6.18 Å². The van der Waals surface area contributed by atoms with Gasteiger partial charge in [-0.25, -0.2) is 4.39 Å². The van der Waals surface area contributed by atoms with Gasteiger partial charge in [-0.1, -0.05) is 17.8 Å². The summed E-state index contributed by atoms with van der Waals surface area (Å²) in [5.41, 5.74) is -2.37. The highest BCUT2D eigenvalue weighted by Gasteiger charge is 2.35. The average molecular weight is 385 g/mol. The van der Waals surface area contributed by atoms with Crippen LogP contribution in [0.5, 0.6) is 0 Å². The first-order valence-corrected chi connectivity index (χ1v) is 8.04. The molecule has 1 aromatic carbocycles. The van der Waals surface area contributed by atoms with E-state index < -0.39 is 34.6 Å². The van der Waals surface area contributed by atoms with E-state index in [1.54, 1.807) is 6.92 Å². The molecule has 136 valence electrons. The first-order chi connectivity index (χ1) is 12.1. The molecule has 1 heterocycles. The van der Waals surface area contributed by atoms with E-state index in [0.717, 1.165) is 6.07 Å². The molecule has 1 aromatic heterocycles. The number of nitrogens with zero attached hydrogens (tertiary/aromatic N) is 1. The van der Waals surface area contributed by atoms with E-state index in [1.165, 1.54) is 18.2 Å². The lowest BCUT2D eigenvalue weighted by Crippen LogP contribution is -2.19. The third-order valence-electron chi connectivity index (χ3n) is 3.25. The fourth-order valence-corrected chi connectivity index (χ4v) is 2.85. The number of nitriles is 1. The number of nitrogens with one attached hydrogen (secondary N) is 2. The summed E-state index contributed by atoms with van der Waals surface area (Å²) in [5.74, 6) is -1.58. The molecule has 10 heteroatoms. The van der Waals surface area contributed by atoms with E-state index in [1.807, 2.05) is 0 Å². The number of hydrogen-bond donors (Lipinski definition) is 2. The molecule has 0 aliphatic carbocycles. The van der Waals surface area contributed by atoms with Crippen LogP contribution in [-0.2, 0) is 11.0 Å². The molecule has 0 bridgehead atoms. The van der Waals surface area contributed by atoms with Crippen LogP contribution in [0, 0.1) is 24.1 Å². The smallest absolute Gasteiger partial charge is 0.325 e. The van der Waals surface area contributed by atoms with E-state index >= 15 is 0 Å². The van der Waals surface area contributed by atoms with Crippen molar-refractivity contribution in [2.75, 3.05) is 11.1 Å². The summed E-state index contributed by atoms with van der Waals surface area (Å²) in [7, 11) is 0. The summed E-state index contributed by atoms with van der Waals surface area (Å²) in [6.07, 6.45) is -4.88. The summed E-state index contributed by atoms with van der Waals surface area (Å²) in [6, 6.07) is 5.46. The van der Waals surface area contributed by atoms with Crippen molar-refractivity contribution in [1.82, 2.24) is 4.98 Å². The predicted octanol–water partition coefficient (Wildman–Crippen LogP) is 3.44. The normalized spacial score (nSPS) is 11.1. The molecule has 0 aliphatic rings. The van der Waals surface area contributed by atoms with Gasteiger partial charge in [0.05, 0.1) is 21.9 Å². The summed E-state index contributed by atoms with van der Waals surface area (Å²) < 4.78 is 52.0. The second-order valence-corrected chi connectivity index (χ2v) is 6.14. The van der Waals surface area contributed by atoms with Crippen LogP contribution in [0.25, 0.3) is 0 Å². The number of H-pyrrole nitrogens is 1. The molecule has 5 nitrogen and oxygen atoms in total. The van der Waals surface area contributed by atoms with Gasteiger partial charge < -0.3 is 10.3 Å². The van der Waals surface area contributed by atoms with Crippen LogP contribution in [0.4, 0.5) is 23.2 Å². The number of anilines is 1. The lowest BCUT2D eigenvalue weighted by atomic mass is 10.1. The second-order valence-electron chi connectivity index (χ2n) is 5.16. The van der Waals surface area contributed by atoms with Crippen molar-refractivity contribution in [1.29, 1.82) is 5.26 Å². The molecule has 2 N–H and O–H groups in total. The largest absolute Gasteiger partial charge is 0.417 e. The molecule has 0 atom stereocenters. The van der Waals surface area contributed by atoms with Crippen LogP contribution in [0.1, 0.15) is 16.7 Å². The molecule has 0 unspecified atom stereocenters. The zero-order valence-electron chi connectivity index (χ0n) is 13.2. The quantitative estimate of drug-likeness (QED) is 0.624. The van der Waals surface area contributed by atoms with Crippen LogP contribution in [0.15, 0.2) is 34.1 Å². The monoisotopic (exact) mass is 385 g/mol. The van der Waals surface area contributed by atoms with Gasteiger partial charge in [-0.05, 0) is 24.6 Å². The number of alkyl halides is 3. The number of hydrogen-bond acceptors (Lipinski definition) is 4. The highest BCUT2D eigenvalue weighted by molar-refractivity contribution is 8.00. The fraction of sp³-hybridized carbons (Fsp3) is 0.188. The third kappa shape index (κ3) is 4.64. The number of amides is 1. The lowest BCUT2D eigenvalue weighted by Gasteiger charge is -2.12. The number of halogens is 4. The van der Waals surface area contributed by atoms with E-state index in [4.69, 9.17) is 5.26 Å². The molecule has 0 saturated heterocycles. The van der Waals surface area contributed by atoms with E-state index in [2.05, 4.69) is 10.3 Å². The van der Waals surface area contributed by atoms with Gasteiger partial charge in [-0.3, -0.25) is 9.59 Å². The SMILES string of the molecule is Cc1ccc(F)cc1NC(=O)CSc1[nH]c(=O)cc(C(F)(F)F)c1C#N. The Kier molecular flexibility index (Phi) is 5.72. The summed E-state index contributed by atoms with van der Waals surface area (Å²) in [5, 5.41) is 11.1. The Hall–Kier alpha value is -2.80. The van der Waals surface area contributed by atoms with E-state index in [-0.39, 0.29) is 16.5 Å². The fourth-order valence-electron chi connectivity index (χ4n) is 2.03. The standard InChI is InChI=1S/C16H11F4N3O2S/c1-8-2-3-9(17)4-12(8)22-14(25)7-26-15-10(6-21)11(16(18,19)20)5-13(24)23-15/h2-5H,7H2,1H3,(H,22,25)(H,23,24). The molecule has 0 radical (unpaired) electrons. The van der Waals surface area contributed by atoms with Gasteiger partial charge in [0.15, 0.2) is 0 Å². The number of rotatable bonds is 4. The Bertz CT molecular complexity index is 948. The first kappa shape index (κ1) is 19.5. The topological polar surface area (TPSA) is 85.8 Å². The summed E-state index contributed by atoms with van der Waals surface area (Å²) in [4.78, 5) is 25.5. The van der Waals surface area contributed by atoms with Crippen molar-refractivity contribution < 1.29 is 22.4 Å². The zero-order valence-corrected chi connectivity index (χ0v) is 14.0. The van der Waals surface area contributed by atoms with Crippen molar-refractivity contribution in [2.24, 2.45) is 0 Å². The summed E-state index contributed by atoms with van der Waals surface area (Å²) >= 11 is 0.570. The van der Waals surface area contributed by atoms with E-state index in [0.29, 0.717) is 23.4 Å². The number of carbonyl (C=O) groups excluding carboxylic acids is 1.